The van der Waals surface area contributed by atoms with Crippen molar-refractivity contribution in [2.75, 3.05) is 12.3 Å². The first-order valence-corrected chi connectivity index (χ1v) is 14.9. The topological polar surface area (TPSA) is 84.2 Å². The van der Waals surface area contributed by atoms with Crippen LogP contribution in [-0.4, -0.2) is 41.5 Å². The molecular formula is C27H34FN3O3S. The van der Waals surface area contributed by atoms with E-state index in [1.807, 2.05) is 10.6 Å². The molecule has 8 rings (SSSR count). The number of imidazole rings is 1. The van der Waals surface area contributed by atoms with Crippen molar-refractivity contribution in [3.8, 4) is 11.3 Å². The fourth-order valence-corrected chi connectivity index (χ4v) is 10.0. The molecule has 4 bridgehead atoms. The van der Waals surface area contributed by atoms with E-state index in [2.05, 4.69) is 9.71 Å². The van der Waals surface area contributed by atoms with Crippen LogP contribution < -0.4 is 4.72 Å². The van der Waals surface area contributed by atoms with E-state index in [9.17, 15) is 17.9 Å². The van der Waals surface area contributed by atoms with Crippen molar-refractivity contribution in [2.45, 2.75) is 63.5 Å². The summed E-state index contributed by atoms with van der Waals surface area (Å²) in [5.74, 6) is 2.30. The average Bonchev–Trinajstić information content (AvgIpc) is 3.37. The Balaban J connectivity index is 1.09. The van der Waals surface area contributed by atoms with Gasteiger partial charge < -0.3 is 9.67 Å². The third-order valence-corrected chi connectivity index (χ3v) is 11.5. The smallest absolute Gasteiger partial charge is 0.211 e. The molecule has 5 saturated carbocycles. The van der Waals surface area contributed by atoms with E-state index >= 15 is 0 Å². The molecule has 6 nitrogen and oxygen atoms in total. The summed E-state index contributed by atoms with van der Waals surface area (Å²) in [6.45, 7) is 0.545. The molecule has 2 N–H and O–H groups in total. The van der Waals surface area contributed by atoms with E-state index in [0.717, 1.165) is 56.2 Å². The van der Waals surface area contributed by atoms with Gasteiger partial charge in [-0.05, 0) is 92.4 Å². The number of benzene rings is 1. The minimum atomic E-state index is -3.20. The lowest BCUT2D eigenvalue weighted by atomic mass is 9.44. The van der Waals surface area contributed by atoms with Crippen molar-refractivity contribution < 1.29 is 17.9 Å². The van der Waals surface area contributed by atoms with Gasteiger partial charge >= 0.3 is 0 Å². The van der Waals surface area contributed by atoms with Gasteiger partial charge in [0.15, 0.2) is 0 Å². The molecule has 1 aliphatic heterocycles. The predicted octanol–water partition coefficient (Wildman–Crippen LogP) is 4.11. The number of aromatic nitrogens is 2. The summed E-state index contributed by atoms with van der Waals surface area (Å²) in [5, 5.41) is 11.7. The number of nitrogens with zero attached hydrogens (tertiary/aromatic N) is 2. The largest absolute Gasteiger partial charge is 0.392 e. The van der Waals surface area contributed by atoms with Gasteiger partial charge in [-0.25, -0.2) is 22.5 Å². The van der Waals surface area contributed by atoms with Crippen molar-refractivity contribution in [2.24, 2.45) is 35.0 Å². The Morgan fingerprint density at radius 2 is 1.97 bits per heavy atom. The minimum Gasteiger partial charge on any atom is -0.392 e. The molecule has 2 aromatic rings. The fourth-order valence-electron chi connectivity index (χ4n) is 8.50. The van der Waals surface area contributed by atoms with Crippen molar-refractivity contribution >= 4 is 10.0 Å². The van der Waals surface area contributed by atoms with Gasteiger partial charge in [-0.2, -0.15) is 0 Å². The van der Waals surface area contributed by atoms with Crippen molar-refractivity contribution in [3.63, 3.8) is 0 Å². The summed E-state index contributed by atoms with van der Waals surface area (Å²) in [6.07, 6.45) is 10.8. The van der Waals surface area contributed by atoms with Crippen molar-refractivity contribution in [3.05, 3.63) is 42.1 Å². The molecule has 4 unspecified atom stereocenters. The second kappa shape index (κ2) is 7.86. The Morgan fingerprint density at radius 1 is 1.20 bits per heavy atom. The minimum absolute atomic E-state index is 0.144. The van der Waals surface area contributed by atoms with Crippen LogP contribution in [-0.2, 0) is 10.0 Å². The van der Waals surface area contributed by atoms with E-state index in [0.29, 0.717) is 48.1 Å². The molecule has 5 aliphatic carbocycles. The summed E-state index contributed by atoms with van der Waals surface area (Å²) in [7, 11) is -3.20. The van der Waals surface area contributed by atoms with Crippen molar-refractivity contribution in [1.29, 1.82) is 0 Å². The lowest BCUT2D eigenvalue weighted by Gasteiger charge is -2.61. The SMILES string of the molecule is O=S(=O)(CC1CC1)NCC1C2CC3CC1CC(C(O)CC1c4c(F)cccc4-c4cncn41)(C3)C2. The first-order chi connectivity index (χ1) is 16.8. The highest BCUT2D eigenvalue weighted by Crippen LogP contribution is 2.64. The first-order valence-electron chi connectivity index (χ1n) is 13.3. The Kier molecular flexibility index (Phi) is 5.04. The van der Waals surface area contributed by atoms with Gasteiger partial charge in [-0.15, -0.1) is 0 Å². The van der Waals surface area contributed by atoms with Gasteiger partial charge in [-0.1, -0.05) is 12.1 Å². The Hall–Kier alpha value is -1.77. The maximum Gasteiger partial charge on any atom is 0.211 e. The number of hydrogen-bond donors (Lipinski definition) is 2. The third-order valence-electron chi connectivity index (χ3n) is 10.0. The molecular weight excluding hydrogens is 465 g/mol. The maximum absolute atomic E-state index is 14.9. The molecule has 0 radical (unpaired) electrons. The summed E-state index contributed by atoms with van der Waals surface area (Å²) in [6, 6.07) is 4.95. The van der Waals surface area contributed by atoms with Crippen LogP contribution >= 0.6 is 0 Å². The molecule has 0 spiro atoms. The molecule has 2 heterocycles. The number of rotatable bonds is 8. The van der Waals surface area contributed by atoms with Crippen LogP contribution in [0.4, 0.5) is 4.39 Å². The monoisotopic (exact) mass is 499 g/mol. The van der Waals surface area contributed by atoms with Crippen LogP contribution in [0.15, 0.2) is 30.7 Å². The summed E-state index contributed by atoms with van der Waals surface area (Å²) >= 11 is 0. The number of fused-ring (bicyclic) bond motifs is 3. The Morgan fingerprint density at radius 3 is 2.71 bits per heavy atom. The van der Waals surface area contributed by atoms with Gasteiger partial charge in [0.1, 0.15) is 5.82 Å². The zero-order valence-electron chi connectivity index (χ0n) is 19.9. The second-order valence-electron chi connectivity index (χ2n) is 12.2. The molecule has 8 heteroatoms. The summed E-state index contributed by atoms with van der Waals surface area (Å²) in [5.41, 5.74) is 2.33. The standard InChI is InChI=1S/C27H34FN3O3S/c28-22-3-1-2-20-24-13-29-15-31(24)23(26(20)22)8-25(32)27-9-17-6-18(10-27)21(19(7-17)11-27)12-30-35(33,34)14-16-4-5-16/h1-3,13,15-19,21,23,25,30,32H,4-12,14H2. The number of aliphatic hydroxyl groups excluding tert-OH is 1. The van der Waals surface area contributed by atoms with E-state index in [4.69, 9.17) is 0 Å². The van der Waals surface area contributed by atoms with Gasteiger partial charge in [0.05, 0.1) is 36.1 Å². The van der Waals surface area contributed by atoms with Crippen LogP contribution in [0.25, 0.3) is 11.3 Å². The molecule has 35 heavy (non-hydrogen) atoms. The molecule has 1 aromatic carbocycles. The zero-order chi connectivity index (χ0) is 23.9. The normalized spacial score (nSPS) is 35.8. The lowest BCUT2D eigenvalue weighted by Crippen LogP contribution is -2.57. The van der Waals surface area contributed by atoms with Gasteiger partial charge in [0.25, 0.3) is 0 Å². The van der Waals surface area contributed by atoms with Crippen LogP contribution in [0.2, 0.25) is 0 Å². The summed E-state index contributed by atoms with van der Waals surface area (Å²) < 4.78 is 44.9. The van der Waals surface area contributed by atoms with Crippen LogP contribution in [0.3, 0.4) is 0 Å². The molecule has 188 valence electrons. The number of nitrogens with one attached hydrogen (secondary N) is 1. The van der Waals surface area contributed by atoms with Crippen LogP contribution in [0.1, 0.15) is 63.0 Å². The number of sulfonamides is 1. The highest BCUT2D eigenvalue weighted by atomic mass is 32.2. The van der Waals surface area contributed by atoms with Gasteiger partial charge in [0, 0.05) is 17.7 Å². The molecule has 6 aliphatic rings. The van der Waals surface area contributed by atoms with E-state index < -0.39 is 16.1 Å². The Bertz CT molecular complexity index is 1240. The highest BCUT2D eigenvalue weighted by molar-refractivity contribution is 7.89. The quantitative estimate of drug-likeness (QED) is 0.573. The average molecular weight is 500 g/mol. The zero-order valence-corrected chi connectivity index (χ0v) is 20.8. The van der Waals surface area contributed by atoms with E-state index in [-0.39, 0.29) is 23.0 Å². The third kappa shape index (κ3) is 3.70. The molecule has 0 amide bonds. The number of halogens is 1. The molecule has 1 aromatic heterocycles. The number of hydrogen-bond acceptors (Lipinski definition) is 4. The number of aliphatic hydroxyl groups is 1. The molecule has 5 fully saturated rings. The highest BCUT2D eigenvalue weighted by Gasteiger charge is 2.58. The Labute approximate surface area is 206 Å². The summed E-state index contributed by atoms with van der Waals surface area (Å²) in [4.78, 5) is 4.30. The van der Waals surface area contributed by atoms with Gasteiger partial charge in [0.2, 0.25) is 10.0 Å². The lowest BCUT2D eigenvalue weighted by molar-refractivity contribution is -0.148. The predicted molar refractivity (Wildman–Crippen MR) is 130 cm³/mol. The van der Waals surface area contributed by atoms with Gasteiger partial charge in [-0.3, -0.25) is 0 Å². The van der Waals surface area contributed by atoms with Crippen LogP contribution in [0.5, 0.6) is 0 Å². The molecule has 4 atom stereocenters. The van der Waals surface area contributed by atoms with E-state index in [1.54, 1.807) is 18.6 Å². The van der Waals surface area contributed by atoms with Crippen LogP contribution in [0, 0.1) is 40.8 Å². The maximum atomic E-state index is 14.9. The first kappa shape index (κ1) is 22.4. The fraction of sp³-hybridized carbons (Fsp3) is 0.667. The second-order valence-corrected chi connectivity index (χ2v) is 14.1. The van der Waals surface area contributed by atoms with E-state index in [1.165, 1.54) is 6.07 Å². The van der Waals surface area contributed by atoms with Crippen molar-refractivity contribution in [1.82, 2.24) is 14.3 Å². The molecule has 0 saturated heterocycles.